The lowest BCUT2D eigenvalue weighted by Gasteiger charge is -2.14. The Bertz CT molecular complexity index is 717. The normalized spacial score (nSPS) is 12.7. The average molecular weight is 380 g/mol. The molecule has 0 amide bonds. The fraction of sp³-hybridized carbons (Fsp3) is 0.222. The van der Waals surface area contributed by atoms with Gasteiger partial charge in [-0.2, -0.15) is 0 Å². The Morgan fingerprint density at radius 3 is 2.52 bits per heavy atom. The first kappa shape index (κ1) is 15.1. The van der Waals surface area contributed by atoms with Gasteiger partial charge in [0.1, 0.15) is 0 Å². The molecule has 3 aromatic rings. The van der Waals surface area contributed by atoms with Crippen LogP contribution in [-0.4, -0.2) is 5.33 Å². The molecule has 0 aliphatic rings. The lowest BCUT2D eigenvalue weighted by Crippen LogP contribution is -2.09. The first-order chi connectivity index (χ1) is 10.3. The number of hydrogen-bond donors (Lipinski definition) is 0. The fourth-order valence-corrected chi connectivity index (χ4v) is 4.20. The van der Waals surface area contributed by atoms with Crippen molar-refractivity contribution < 1.29 is 0 Å². The van der Waals surface area contributed by atoms with E-state index in [9.17, 15) is 0 Å². The molecule has 1 atom stereocenters. The average Bonchev–Trinajstić information content (AvgIpc) is 2.92. The summed E-state index contributed by atoms with van der Waals surface area (Å²) in [7, 11) is 0. The van der Waals surface area contributed by atoms with Crippen molar-refractivity contribution in [2.45, 2.75) is 12.8 Å². The van der Waals surface area contributed by atoms with E-state index in [-0.39, 0.29) is 0 Å². The van der Waals surface area contributed by atoms with Gasteiger partial charge in [-0.05, 0) is 58.9 Å². The topological polar surface area (TPSA) is 0 Å². The highest BCUT2D eigenvalue weighted by Crippen LogP contribution is 2.29. The van der Waals surface area contributed by atoms with E-state index in [4.69, 9.17) is 11.6 Å². The van der Waals surface area contributed by atoms with Crippen LogP contribution in [0, 0.1) is 5.92 Å². The van der Waals surface area contributed by atoms with Crippen LogP contribution in [0.2, 0.25) is 5.02 Å². The molecule has 0 aliphatic carbocycles. The van der Waals surface area contributed by atoms with Crippen molar-refractivity contribution in [1.29, 1.82) is 0 Å². The summed E-state index contributed by atoms with van der Waals surface area (Å²) in [5, 5.41) is 5.53. The molecule has 108 valence electrons. The Labute approximate surface area is 142 Å². The van der Waals surface area contributed by atoms with Crippen LogP contribution in [0.1, 0.15) is 11.1 Å². The molecule has 0 fully saturated rings. The van der Waals surface area contributed by atoms with Crippen molar-refractivity contribution in [3.8, 4) is 0 Å². The summed E-state index contributed by atoms with van der Waals surface area (Å²) >= 11 is 11.5. The summed E-state index contributed by atoms with van der Waals surface area (Å²) in [6.45, 7) is 0. The summed E-state index contributed by atoms with van der Waals surface area (Å²) < 4.78 is 1.38. The summed E-state index contributed by atoms with van der Waals surface area (Å²) in [6, 6.07) is 16.9. The SMILES string of the molecule is Clc1ccc(CC(CBr)Cc2csc3ccccc23)cc1. The number of rotatable bonds is 5. The van der Waals surface area contributed by atoms with E-state index < -0.39 is 0 Å². The third kappa shape index (κ3) is 3.68. The first-order valence-electron chi connectivity index (χ1n) is 7.02. The van der Waals surface area contributed by atoms with E-state index in [1.165, 1.54) is 21.2 Å². The Morgan fingerprint density at radius 1 is 1.00 bits per heavy atom. The number of fused-ring (bicyclic) bond motifs is 1. The standard InChI is InChI=1S/C18H16BrClS/c19-11-14(9-13-5-7-16(20)8-6-13)10-15-12-21-18-4-2-1-3-17(15)18/h1-8,12,14H,9-11H2. The first-order valence-corrected chi connectivity index (χ1v) is 9.39. The zero-order valence-electron chi connectivity index (χ0n) is 11.6. The molecular formula is C18H16BrClS. The molecule has 0 spiro atoms. The number of hydrogen-bond acceptors (Lipinski definition) is 1. The predicted octanol–water partition coefficient (Wildman–Crippen LogP) is 6.35. The molecule has 0 saturated heterocycles. The molecule has 0 nitrogen and oxygen atoms in total. The molecule has 1 aromatic heterocycles. The van der Waals surface area contributed by atoms with Crippen molar-refractivity contribution in [2.75, 3.05) is 5.33 Å². The molecule has 3 rings (SSSR count). The van der Waals surface area contributed by atoms with E-state index >= 15 is 0 Å². The molecule has 0 radical (unpaired) electrons. The van der Waals surface area contributed by atoms with E-state index in [0.717, 1.165) is 23.2 Å². The van der Waals surface area contributed by atoms with Gasteiger partial charge in [0.2, 0.25) is 0 Å². The van der Waals surface area contributed by atoms with Gasteiger partial charge in [-0.25, -0.2) is 0 Å². The minimum Gasteiger partial charge on any atom is -0.144 e. The van der Waals surface area contributed by atoms with Crippen LogP contribution >= 0.6 is 38.9 Å². The van der Waals surface area contributed by atoms with Crippen LogP contribution in [-0.2, 0) is 12.8 Å². The van der Waals surface area contributed by atoms with Crippen molar-refractivity contribution >= 4 is 49.0 Å². The molecule has 1 heterocycles. The maximum absolute atomic E-state index is 5.95. The Hall–Kier alpha value is -0.830. The molecule has 0 bridgehead atoms. The summed E-state index contributed by atoms with van der Waals surface area (Å²) in [4.78, 5) is 0. The van der Waals surface area contributed by atoms with Gasteiger partial charge >= 0.3 is 0 Å². The van der Waals surface area contributed by atoms with Crippen molar-refractivity contribution in [2.24, 2.45) is 5.92 Å². The maximum atomic E-state index is 5.95. The Morgan fingerprint density at radius 2 is 1.76 bits per heavy atom. The molecule has 2 aromatic carbocycles. The molecule has 1 unspecified atom stereocenters. The highest BCUT2D eigenvalue weighted by atomic mass is 79.9. The number of halogens is 2. The van der Waals surface area contributed by atoms with Crippen molar-refractivity contribution in [3.05, 3.63) is 70.1 Å². The van der Waals surface area contributed by atoms with Crippen LogP contribution in [0.5, 0.6) is 0 Å². The lowest BCUT2D eigenvalue weighted by molar-refractivity contribution is 0.594. The lowest BCUT2D eigenvalue weighted by atomic mass is 9.94. The monoisotopic (exact) mass is 378 g/mol. The van der Waals surface area contributed by atoms with Gasteiger partial charge in [0.15, 0.2) is 0 Å². The molecule has 0 N–H and O–H groups in total. The molecule has 21 heavy (non-hydrogen) atoms. The fourth-order valence-electron chi connectivity index (χ4n) is 2.64. The van der Waals surface area contributed by atoms with Gasteiger partial charge < -0.3 is 0 Å². The predicted molar refractivity (Wildman–Crippen MR) is 98.0 cm³/mol. The smallest absolute Gasteiger partial charge is 0.0406 e. The summed E-state index contributed by atoms with van der Waals surface area (Å²) in [5.74, 6) is 0.601. The van der Waals surface area contributed by atoms with Gasteiger partial charge in [0.25, 0.3) is 0 Å². The number of benzene rings is 2. The number of alkyl halides is 1. The van der Waals surface area contributed by atoms with Crippen LogP contribution in [0.3, 0.4) is 0 Å². The van der Waals surface area contributed by atoms with Crippen LogP contribution in [0.4, 0.5) is 0 Å². The zero-order valence-corrected chi connectivity index (χ0v) is 14.7. The second-order valence-electron chi connectivity index (χ2n) is 5.31. The van der Waals surface area contributed by atoms with Gasteiger partial charge in [-0.1, -0.05) is 57.9 Å². The Kier molecular flexibility index (Phi) is 4.99. The van der Waals surface area contributed by atoms with Gasteiger partial charge in [-0.15, -0.1) is 11.3 Å². The maximum Gasteiger partial charge on any atom is 0.0406 e. The zero-order chi connectivity index (χ0) is 14.7. The minimum atomic E-state index is 0.601. The quantitative estimate of drug-likeness (QED) is 0.453. The van der Waals surface area contributed by atoms with E-state index in [0.29, 0.717) is 5.92 Å². The van der Waals surface area contributed by atoms with Crippen LogP contribution in [0.25, 0.3) is 10.1 Å². The molecule has 0 aliphatic heterocycles. The minimum absolute atomic E-state index is 0.601. The van der Waals surface area contributed by atoms with Gasteiger partial charge in [0.05, 0.1) is 0 Å². The molecule has 3 heteroatoms. The van der Waals surface area contributed by atoms with E-state index in [2.05, 4.69) is 57.7 Å². The van der Waals surface area contributed by atoms with Crippen LogP contribution in [0.15, 0.2) is 53.9 Å². The molecule has 0 saturated carbocycles. The van der Waals surface area contributed by atoms with Crippen molar-refractivity contribution in [1.82, 2.24) is 0 Å². The second-order valence-corrected chi connectivity index (χ2v) is 7.31. The summed E-state index contributed by atoms with van der Waals surface area (Å²) in [5.41, 5.74) is 2.82. The Balaban J connectivity index is 1.76. The third-order valence-corrected chi connectivity index (χ3v) is 5.91. The number of thiophene rings is 1. The molecular weight excluding hydrogens is 364 g/mol. The van der Waals surface area contributed by atoms with E-state index in [1.807, 2.05) is 23.5 Å². The third-order valence-electron chi connectivity index (χ3n) is 3.73. The van der Waals surface area contributed by atoms with Crippen LogP contribution < -0.4 is 0 Å². The highest BCUT2D eigenvalue weighted by molar-refractivity contribution is 9.09. The summed E-state index contributed by atoms with van der Waals surface area (Å²) in [6.07, 6.45) is 2.19. The van der Waals surface area contributed by atoms with Crippen molar-refractivity contribution in [3.63, 3.8) is 0 Å². The largest absolute Gasteiger partial charge is 0.144 e. The highest BCUT2D eigenvalue weighted by Gasteiger charge is 2.12. The second kappa shape index (κ2) is 6.95. The van der Waals surface area contributed by atoms with Gasteiger partial charge in [-0.3, -0.25) is 0 Å². The van der Waals surface area contributed by atoms with Gasteiger partial charge in [0, 0.05) is 15.1 Å². The van der Waals surface area contributed by atoms with E-state index in [1.54, 1.807) is 0 Å².